The van der Waals surface area contributed by atoms with Crippen molar-refractivity contribution in [2.45, 2.75) is 27.2 Å². The number of carbonyl (C=O) groups is 1. The van der Waals surface area contributed by atoms with Crippen LogP contribution >= 0.6 is 0 Å². The molecule has 1 aromatic heterocycles. The second-order valence-electron chi connectivity index (χ2n) is 4.42. The fourth-order valence-corrected chi connectivity index (χ4v) is 2.16. The first kappa shape index (κ1) is 12.6. The summed E-state index contributed by atoms with van der Waals surface area (Å²) in [6, 6.07) is 5.95. The second-order valence-corrected chi connectivity index (χ2v) is 4.42. The van der Waals surface area contributed by atoms with Crippen molar-refractivity contribution in [3.8, 4) is 0 Å². The van der Waals surface area contributed by atoms with Crippen LogP contribution in [0.15, 0.2) is 18.2 Å². The molecule has 1 aromatic carbocycles. The lowest BCUT2D eigenvalue weighted by molar-refractivity contribution is -0.130. The first-order valence-electron chi connectivity index (χ1n) is 6.37. The zero-order chi connectivity index (χ0) is 13.1. The van der Waals surface area contributed by atoms with Gasteiger partial charge in [0, 0.05) is 13.1 Å². The lowest BCUT2D eigenvalue weighted by Gasteiger charge is -2.18. The number of aromatic amines is 1. The van der Waals surface area contributed by atoms with Crippen LogP contribution in [0.4, 0.5) is 0 Å². The number of imidazole rings is 1. The van der Waals surface area contributed by atoms with Crippen molar-refractivity contribution in [2.75, 3.05) is 13.1 Å². The minimum absolute atomic E-state index is 0.176. The number of carbonyl (C=O) groups excluding carboxylic acids is 1. The molecule has 0 saturated heterocycles. The highest BCUT2D eigenvalue weighted by atomic mass is 16.2. The summed E-state index contributed by atoms with van der Waals surface area (Å²) in [5.41, 5.74) is 2.98. The lowest BCUT2D eigenvalue weighted by atomic mass is 10.1. The van der Waals surface area contributed by atoms with Crippen LogP contribution < -0.4 is 0 Å². The van der Waals surface area contributed by atoms with Crippen molar-refractivity contribution in [2.24, 2.45) is 0 Å². The number of aryl methyl sites for hydroxylation is 1. The Bertz CT molecular complexity index is 555. The molecule has 1 amide bonds. The van der Waals surface area contributed by atoms with Crippen LogP contribution in [0.3, 0.4) is 0 Å². The van der Waals surface area contributed by atoms with E-state index in [1.807, 2.05) is 43.9 Å². The van der Waals surface area contributed by atoms with Crippen LogP contribution in [0.5, 0.6) is 0 Å². The molecule has 1 N–H and O–H groups in total. The number of H-pyrrole nitrogens is 1. The molecule has 0 unspecified atom stereocenters. The number of rotatable bonds is 4. The molecule has 2 rings (SSSR count). The third-order valence-corrected chi connectivity index (χ3v) is 3.14. The van der Waals surface area contributed by atoms with Crippen LogP contribution in [0, 0.1) is 6.92 Å². The number of aromatic nitrogens is 2. The van der Waals surface area contributed by atoms with Gasteiger partial charge >= 0.3 is 0 Å². The number of nitrogens with zero attached hydrogens (tertiary/aromatic N) is 2. The van der Waals surface area contributed by atoms with Gasteiger partial charge in [0.2, 0.25) is 5.91 Å². The standard InChI is InChI=1S/C14H19N3O/c1-4-17(5-2)14(18)9-11-6-7-12-13(8-11)16-10(3)15-12/h6-8H,4-5,9H2,1-3H3,(H,15,16). The number of amides is 1. The van der Waals surface area contributed by atoms with Gasteiger partial charge in [-0.15, -0.1) is 0 Å². The highest BCUT2D eigenvalue weighted by Crippen LogP contribution is 2.14. The minimum atomic E-state index is 0.176. The summed E-state index contributed by atoms with van der Waals surface area (Å²) in [7, 11) is 0. The van der Waals surface area contributed by atoms with E-state index in [0.29, 0.717) is 6.42 Å². The fourth-order valence-electron chi connectivity index (χ4n) is 2.16. The lowest BCUT2D eigenvalue weighted by Crippen LogP contribution is -2.31. The second kappa shape index (κ2) is 5.21. The number of fused-ring (bicyclic) bond motifs is 1. The molecule has 0 spiro atoms. The molecule has 4 heteroatoms. The largest absolute Gasteiger partial charge is 0.343 e. The Morgan fingerprint density at radius 3 is 2.72 bits per heavy atom. The molecule has 0 atom stereocenters. The average Bonchev–Trinajstić information content (AvgIpc) is 2.70. The van der Waals surface area contributed by atoms with Gasteiger partial charge in [-0.2, -0.15) is 0 Å². The Morgan fingerprint density at radius 2 is 2.06 bits per heavy atom. The number of likely N-dealkylation sites (N-methyl/N-ethyl adjacent to an activating group) is 1. The maximum atomic E-state index is 12.0. The summed E-state index contributed by atoms with van der Waals surface area (Å²) in [5.74, 6) is 1.08. The molecule has 0 fully saturated rings. The van der Waals surface area contributed by atoms with E-state index >= 15 is 0 Å². The SMILES string of the molecule is CCN(CC)C(=O)Cc1ccc2nc(C)[nH]c2c1. The van der Waals surface area contributed by atoms with E-state index in [4.69, 9.17) is 0 Å². The molecule has 0 radical (unpaired) electrons. The first-order chi connectivity index (χ1) is 8.63. The first-order valence-corrected chi connectivity index (χ1v) is 6.37. The molecule has 96 valence electrons. The van der Waals surface area contributed by atoms with E-state index in [2.05, 4.69) is 9.97 Å². The van der Waals surface area contributed by atoms with Crippen LogP contribution in [0.2, 0.25) is 0 Å². The number of hydrogen-bond acceptors (Lipinski definition) is 2. The van der Waals surface area contributed by atoms with Gasteiger partial charge in [0.15, 0.2) is 0 Å². The van der Waals surface area contributed by atoms with Crippen molar-refractivity contribution in [3.63, 3.8) is 0 Å². The molecular weight excluding hydrogens is 226 g/mol. The molecule has 4 nitrogen and oxygen atoms in total. The van der Waals surface area contributed by atoms with Crippen molar-refractivity contribution < 1.29 is 4.79 Å². The summed E-state index contributed by atoms with van der Waals surface area (Å²) in [6.07, 6.45) is 0.454. The van der Waals surface area contributed by atoms with Crippen LogP contribution in [-0.2, 0) is 11.2 Å². The van der Waals surface area contributed by atoms with Crippen molar-refractivity contribution in [3.05, 3.63) is 29.6 Å². The molecule has 0 aliphatic rings. The zero-order valence-corrected chi connectivity index (χ0v) is 11.2. The monoisotopic (exact) mass is 245 g/mol. The van der Waals surface area contributed by atoms with E-state index in [-0.39, 0.29) is 5.91 Å². The smallest absolute Gasteiger partial charge is 0.226 e. The molecular formula is C14H19N3O. The van der Waals surface area contributed by atoms with Crippen LogP contribution in [0.25, 0.3) is 11.0 Å². The maximum absolute atomic E-state index is 12.0. The summed E-state index contributed by atoms with van der Waals surface area (Å²) < 4.78 is 0. The molecule has 18 heavy (non-hydrogen) atoms. The number of benzene rings is 1. The Labute approximate surface area is 107 Å². The average molecular weight is 245 g/mol. The van der Waals surface area contributed by atoms with Crippen molar-refractivity contribution >= 4 is 16.9 Å². The van der Waals surface area contributed by atoms with E-state index in [1.165, 1.54) is 0 Å². The maximum Gasteiger partial charge on any atom is 0.226 e. The third kappa shape index (κ3) is 2.53. The molecule has 2 aromatic rings. The number of hydrogen-bond donors (Lipinski definition) is 1. The van der Waals surface area contributed by atoms with Gasteiger partial charge < -0.3 is 9.88 Å². The summed E-state index contributed by atoms with van der Waals surface area (Å²) in [6.45, 7) is 7.47. The van der Waals surface area contributed by atoms with Crippen molar-refractivity contribution in [1.82, 2.24) is 14.9 Å². The third-order valence-electron chi connectivity index (χ3n) is 3.14. The van der Waals surface area contributed by atoms with Gasteiger partial charge in [-0.25, -0.2) is 4.98 Å². The van der Waals surface area contributed by atoms with E-state index in [9.17, 15) is 4.79 Å². The normalized spacial score (nSPS) is 10.8. The van der Waals surface area contributed by atoms with Gasteiger partial charge in [-0.3, -0.25) is 4.79 Å². The Balaban J connectivity index is 2.18. The van der Waals surface area contributed by atoms with Crippen LogP contribution in [0.1, 0.15) is 25.2 Å². The molecule has 1 heterocycles. The Hall–Kier alpha value is -1.84. The zero-order valence-electron chi connectivity index (χ0n) is 11.2. The molecule has 0 bridgehead atoms. The summed E-state index contributed by atoms with van der Waals surface area (Å²) >= 11 is 0. The van der Waals surface area contributed by atoms with Gasteiger partial charge in [0.1, 0.15) is 5.82 Å². The van der Waals surface area contributed by atoms with E-state index in [0.717, 1.165) is 35.5 Å². The minimum Gasteiger partial charge on any atom is -0.343 e. The predicted octanol–water partition coefficient (Wildman–Crippen LogP) is 2.28. The summed E-state index contributed by atoms with van der Waals surface area (Å²) in [5, 5.41) is 0. The van der Waals surface area contributed by atoms with Gasteiger partial charge in [0.05, 0.1) is 17.5 Å². The topological polar surface area (TPSA) is 49.0 Å². The fraction of sp³-hybridized carbons (Fsp3) is 0.429. The Morgan fingerprint density at radius 1 is 1.33 bits per heavy atom. The van der Waals surface area contributed by atoms with Gasteiger partial charge in [0.25, 0.3) is 0 Å². The quantitative estimate of drug-likeness (QED) is 0.898. The Kier molecular flexibility index (Phi) is 3.65. The van der Waals surface area contributed by atoms with Crippen molar-refractivity contribution in [1.29, 1.82) is 0 Å². The van der Waals surface area contributed by atoms with E-state index in [1.54, 1.807) is 0 Å². The molecule has 0 aliphatic heterocycles. The highest BCUT2D eigenvalue weighted by molar-refractivity contribution is 5.81. The predicted molar refractivity (Wildman–Crippen MR) is 72.5 cm³/mol. The number of nitrogens with one attached hydrogen (secondary N) is 1. The molecule has 0 saturated carbocycles. The van der Waals surface area contributed by atoms with Gasteiger partial charge in [-0.1, -0.05) is 6.07 Å². The van der Waals surface area contributed by atoms with Crippen LogP contribution in [-0.4, -0.2) is 33.9 Å². The highest BCUT2D eigenvalue weighted by Gasteiger charge is 2.11. The summed E-state index contributed by atoms with van der Waals surface area (Å²) in [4.78, 5) is 21.4. The molecule has 0 aliphatic carbocycles. The van der Waals surface area contributed by atoms with Gasteiger partial charge in [-0.05, 0) is 38.5 Å². The van der Waals surface area contributed by atoms with E-state index < -0.39 is 0 Å².